The van der Waals surface area contributed by atoms with Crippen LogP contribution in [0.2, 0.25) is 0 Å². The van der Waals surface area contributed by atoms with Crippen LogP contribution in [0, 0.1) is 0 Å². The second-order valence-corrected chi connectivity index (χ2v) is 5.48. The van der Waals surface area contributed by atoms with Gasteiger partial charge in [0.1, 0.15) is 0 Å². The van der Waals surface area contributed by atoms with E-state index in [1.54, 1.807) is 18.3 Å². The first kappa shape index (κ1) is 13.4. The molecular weight excluding hydrogens is 270 g/mol. The molecule has 1 aromatic heterocycles. The minimum absolute atomic E-state index is 0.00411. The largest absolute Gasteiger partial charge is 0.289 e. The molecule has 0 unspecified atom stereocenters. The lowest BCUT2D eigenvalue weighted by Crippen LogP contribution is -2.35. The average Bonchev–Trinajstić information content (AvgIpc) is 2.44. The molecule has 7 nitrogen and oxygen atoms in total. The number of amides is 1. The van der Waals surface area contributed by atoms with E-state index in [-0.39, 0.29) is 4.90 Å². The first-order chi connectivity index (χ1) is 9.03. The number of carbonyl (C=O) groups is 1. The number of carbonyl (C=O) groups excluding carboxylic acids is 1. The fourth-order valence-electron chi connectivity index (χ4n) is 1.50. The van der Waals surface area contributed by atoms with Crippen molar-refractivity contribution < 1.29 is 18.4 Å². The maximum absolute atomic E-state index is 11.9. The fraction of sp³-hybridized carbons (Fsp3) is 0.0909. The van der Waals surface area contributed by atoms with Crippen LogP contribution in [0.15, 0.2) is 41.4 Å². The second kappa shape index (κ2) is 5.31. The van der Waals surface area contributed by atoms with Crippen molar-refractivity contribution in [1.29, 1.82) is 0 Å². The van der Waals surface area contributed by atoms with Crippen LogP contribution >= 0.6 is 0 Å². The molecule has 1 heterocycles. The van der Waals surface area contributed by atoms with E-state index in [0.29, 0.717) is 5.52 Å². The van der Waals surface area contributed by atoms with Crippen LogP contribution in [0.5, 0.6) is 0 Å². The Labute approximate surface area is 109 Å². The topological polar surface area (TPSA) is 108 Å². The first-order valence-electron chi connectivity index (χ1n) is 5.30. The quantitative estimate of drug-likeness (QED) is 0.541. The molecule has 0 aliphatic rings. The van der Waals surface area contributed by atoms with Crippen molar-refractivity contribution in [2.45, 2.75) is 4.90 Å². The summed E-state index contributed by atoms with van der Waals surface area (Å²) in [7, 11) is -3.82. The number of nitrogens with zero attached hydrogens (tertiary/aromatic N) is 1. The van der Waals surface area contributed by atoms with Crippen molar-refractivity contribution in [2.75, 3.05) is 6.54 Å². The molecule has 0 radical (unpaired) electrons. The number of hydrogen-bond acceptors (Lipinski definition) is 5. The molecule has 0 spiro atoms. The molecule has 1 amide bonds. The number of rotatable bonds is 4. The molecule has 0 aliphatic heterocycles. The zero-order chi connectivity index (χ0) is 13.9. The highest BCUT2D eigenvalue weighted by molar-refractivity contribution is 7.89. The second-order valence-electron chi connectivity index (χ2n) is 3.72. The standard InChI is InChI=1S/C11H11N3O4S/c15-11(14-16)7-13-19(17,18)9-4-3-8-2-1-5-12-10(8)6-9/h1-6,13,16H,7H2,(H,14,15). The number of nitrogens with one attached hydrogen (secondary N) is 2. The van der Waals surface area contributed by atoms with Gasteiger partial charge >= 0.3 is 0 Å². The van der Waals surface area contributed by atoms with Gasteiger partial charge in [-0.25, -0.2) is 18.6 Å². The number of hydroxylamine groups is 1. The molecule has 0 aliphatic carbocycles. The van der Waals surface area contributed by atoms with E-state index in [1.807, 2.05) is 6.07 Å². The van der Waals surface area contributed by atoms with Gasteiger partial charge in [-0.1, -0.05) is 12.1 Å². The van der Waals surface area contributed by atoms with E-state index in [2.05, 4.69) is 9.71 Å². The number of sulfonamides is 1. The molecule has 0 saturated heterocycles. The van der Waals surface area contributed by atoms with Crippen LogP contribution in [-0.2, 0) is 14.8 Å². The van der Waals surface area contributed by atoms with Crippen molar-refractivity contribution >= 4 is 26.8 Å². The molecule has 8 heteroatoms. The Hall–Kier alpha value is -2.03. The summed E-state index contributed by atoms with van der Waals surface area (Å²) in [5, 5.41) is 9.11. The summed E-state index contributed by atoms with van der Waals surface area (Å²) in [5.74, 6) is -0.845. The van der Waals surface area contributed by atoms with Gasteiger partial charge in [-0.3, -0.25) is 15.0 Å². The van der Waals surface area contributed by atoms with Crippen LogP contribution < -0.4 is 10.2 Å². The molecule has 2 aromatic rings. The van der Waals surface area contributed by atoms with Gasteiger partial charge in [0.15, 0.2) is 0 Å². The van der Waals surface area contributed by atoms with Gasteiger partial charge in [0.05, 0.1) is 17.0 Å². The predicted octanol–water partition coefficient (Wildman–Crippen LogP) is 0.0185. The van der Waals surface area contributed by atoms with Crippen LogP contribution in [0.25, 0.3) is 10.9 Å². The highest BCUT2D eigenvalue weighted by Gasteiger charge is 2.15. The number of pyridine rings is 1. The summed E-state index contributed by atoms with van der Waals surface area (Å²) >= 11 is 0. The average molecular weight is 281 g/mol. The van der Waals surface area contributed by atoms with Crippen molar-refractivity contribution in [3.8, 4) is 0 Å². The predicted molar refractivity (Wildman–Crippen MR) is 66.9 cm³/mol. The maximum Gasteiger partial charge on any atom is 0.258 e. The number of benzene rings is 1. The van der Waals surface area contributed by atoms with Gasteiger partial charge in [-0.2, -0.15) is 0 Å². The number of hydrogen-bond donors (Lipinski definition) is 3. The van der Waals surface area contributed by atoms with Crippen molar-refractivity contribution in [2.24, 2.45) is 0 Å². The maximum atomic E-state index is 11.9. The Morgan fingerprint density at radius 2 is 2.11 bits per heavy atom. The Morgan fingerprint density at radius 1 is 1.32 bits per heavy atom. The number of fused-ring (bicyclic) bond motifs is 1. The van der Waals surface area contributed by atoms with Gasteiger partial charge in [0.25, 0.3) is 5.91 Å². The van der Waals surface area contributed by atoms with E-state index >= 15 is 0 Å². The van der Waals surface area contributed by atoms with E-state index < -0.39 is 22.5 Å². The molecule has 2 rings (SSSR count). The molecule has 0 atom stereocenters. The molecule has 0 bridgehead atoms. The fourth-order valence-corrected chi connectivity index (χ4v) is 2.50. The van der Waals surface area contributed by atoms with Gasteiger partial charge in [-0.15, -0.1) is 0 Å². The highest BCUT2D eigenvalue weighted by Crippen LogP contribution is 2.16. The highest BCUT2D eigenvalue weighted by atomic mass is 32.2. The summed E-state index contributed by atoms with van der Waals surface area (Å²) in [6.45, 7) is -0.543. The third-order valence-electron chi connectivity index (χ3n) is 2.44. The lowest BCUT2D eigenvalue weighted by molar-refractivity contribution is -0.127. The monoisotopic (exact) mass is 281 g/mol. The molecule has 100 valence electrons. The summed E-state index contributed by atoms with van der Waals surface area (Å²) in [6, 6.07) is 8.02. The molecular formula is C11H11N3O4S. The third-order valence-corrected chi connectivity index (χ3v) is 3.83. The Morgan fingerprint density at radius 3 is 2.84 bits per heavy atom. The van der Waals surface area contributed by atoms with Crippen molar-refractivity contribution in [1.82, 2.24) is 15.2 Å². The third kappa shape index (κ3) is 3.05. The van der Waals surface area contributed by atoms with E-state index in [4.69, 9.17) is 5.21 Å². The zero-order valence-electron chi connectivity index (χ0n) is 9.70. The molecule has 3 N–H and O–H groups in total. The van der Waals surface area contributed by atoms with Crippen LogP contribution in [0.4, 0.5) is 0 Å². The molecule has 1 aromatic carbocycles. The Bertz CT molecular complexity index is 715. The van der Waals surface area contributed by atoms with E-state index in [9.17, 15) is 13.2 Å². The molecule has 0 fully saturated rings. The van der Waals surface area contributed by atoms with Crippen LogP contribution in [-0.4, -0.2) is 31.1 Å². The Kier molecular flexibility index (Phi) is 3.74. The smallest absolute Gasteiger partial charge is 0.258 e. The van der Waals surface area contributed by atoms with Crippen LogP contribution in [0.1, 0.15) is 0 Å². The minimum Gasteiger partial charge on any atom is -0.289 e. The Balaban J connectivity index is 2.30. The summed E-state index contributed by atoms with van der Waals surface area (Å²) in [5.41, 5.74) is 1.88. The molecule has 19 heavy (non-hydrogen) atoms. The summed E-state index contributed by atoms with van der Waals surface area (Å²) in [6.07, 6.45) is 1.56. The molecule has 0 saturated carbocycles. The van der Waals surface area contributed by atoms with Gasteiger partial charge in [-0.05, 0) is 18.2 Å². The summed E-state index contributed by atoms with van der Waals surface area (Å²) < 4.78 is 25.9. The minimum atomic E-state index is -3.82. The van der Waals surface area contributed by atoms with Gasteiger partial charge in [0, 0.05) is 11.6 Å². The first-order valence-corrected chi connectivity index (χ1v) is 6.78. The zero-order valence-corrected chi connectivity index (χ0v) is 10.5. The van der Waals surface area contributed by atoms with Crippen LogP contribution in [0.3, 0.4) is 0 Å². The summed E-state index contributed by atoms with van der Waals surface area (Å²) in [4.78, 5) is 14.9. The number of aromatic nitrogens is 1. The SMILES string of the molecule is O=C(CNS(=O)(=O)c1ccc2cccnc2c1)NO. The van der Waals surface area contributed by atoms with Crippen molar-refractivity contribution in [3.63, 3.8) is 0 Å². The lowest BCUT2D eigenvalue weighted by atomic mass is 10.2. The van der Waals surface area contributed by atoms with Crippen molar-refractivity contribution in [3.05, 3.63) is 36.5 Å². The lowest BCUT2D eigenvalue weighted by Gasteiger charge is -2.06. The van der Waals surface area contributed by atoms with E-state index in [1.165, 1.54) is 17.6 Å². The van der Waals surface area contributed by atoms with E-state index in [0.717, 1.165) is 5.39 Å². The van der Waals surface area contributed by atoms with Gasteiger partial charge < -0.3 is 0 Å². The van der Waals surface area contributed by atoms with Gasteiger partial charge in [0.2, 0.25) is 10.0 Å². The normalized spacial score (nSPS) is 11.4.